The van der Waals surface area contributed by atoms with Gasteiger partial charge in [-0.15, -0.1) is 0 Å². The van der Waals surface area contributed by atoms with Crippen LogP contribution in [0.25, 0.3) is 0 Å². The van der Waals surface area contributed by atoms with Gasteiger partial charge in [0.2, 0.25) is 0 Å². The van der Waals surface area contributed by atoms with Crippen LogP contribution in [0.1, 0.15) is 5.56 Å². The Morgan fingerprint density at radius 2 is 1.95 bits per heavy atom. The first kappa shape index (κ1) is 14.8. The van der Waals surface area contributed by atoms with Gasteiger partial charge in [-0.3, -0.25) is 0 Å². The predicted octanol–water partition coefficient (Wildman–Crippen LogP) is 3.69. The Labute approximate surface area is 123 Å². The van der Waals surface area contributed by atoms with Gasteiger partial charge in [-0.05, 0) is 43.3 Å². The number of ether oxygens (including phenoxy) is 1. The van der Waals surface area contributed by atoms with Crippen LogP contribution < -0.4 is 10.1 Å². The van der Waals surface area contributed by atoms with E-state index in [1.807, 2.05) is 37.4 Å². The fourth-order valence-electron chi connectivity index (χ4n) is 1.91. The summed E-state index contributed by atoms with van der Waals surface area (Å²) in [7, 11) is 1.88. The number of nitrogens with one attached hydrogen (secondary N) is 1. The van der Waals surface area contributed by atoms with Crippen LogP contribution in [0.3, 0.4) is 0 Å². The fraction of sp³-hybridized carbons (Fsp3) is 0.250. The summed E-state index contributed by atoms with van der Waals surface area (Å²) in [6.07, 6.45) is 0.726. The molecule has 4 heteroatoms. The lowest BCUT2D eigenvalue weighted by Crippen LogP contribution is -2.33. The summed E-state index contributed by atoms with van der Waals surface area (Å²) in [6, 6.07) is 14.6. The minimum atomic E-state index is -0.392. The first-order chi connectivity index (χ1) is 9.69. The summed E-state index contributed by atoms with van der Waals surface area (Å²) in [5.74, 6) is 0.446. The largest absolute Gasteiger partial charge is 0.492 e. The monoisotopic (exact) mass is 293 g/mol. The van der Waals surface area contributed by atoms with Crippen molar-refractivity contribution < 1.29 is 9.13 Å². The van der Waals surface area contributed by atoms with Crippen LogP contribution in [0.2, 0.25) is 5.02 Å². The standard InChI is InChI=1S/C16H17ClFNO/c1-19-13(11-20-14-5-3-2-4-6-14)9-12-7-8-16(18)15(17)10-12/h2-8,10,13,19H,9,11H2,1H3. The summed E-state index contributed by atoms with van der Waals surface area (Å²) in [4.78, 5) is 0. The van der Waals surface area contributed by atoms with E-state index in [4.69, 9.17) is 16.3 Å². The molecule has 2 aromatic carbocycles. The van der Waals surface area contributed by atoms with Gasteiger partial charge in [0.15, 0.2) is 0 Å². The van der Waals surface area contributed by atoms with E-state index in [1.165, 1.54) is 6.07 Å². The predicted molar refractivity (Wildman–Crippen MR) is 79.9 cm³/mol. The summed E-state index contributed by atoms with van der Waals surface area (Å²) in [5.41, 5.74) is 0.979. The molecule has 0 amide bonds. The summed E-state index contributed by atoms with van der Waals surface area (Å²) >= 11 is 5.79. The van der Waals surface area contributed by atoms with Crippen molar-refractivity contribution in [2.75, 3.05) is 13.7 Å². The smallest absolute Gasteiger partial charge is 0.141 e. The molecule has 0 radical (unpaired) electrons. The molecule has 0 aliphatic carbocycles. The molecule has 106 valence electrons. The molecule has 20 heavy (non-hydrogen) atoms. The van der Waals surface area contributed by atoms with Crippen LogP contribution >= 0.6 is 11.6 Å². The van der Waals surface area contributed by atoms with Crippen molar-refractivity contribution in [3.63, 3.8) is 0 Å². The summed E-state index contributed by atoms with van der Waals surface area (Å²) in [5, 5.41) is 3.35. The van der Waals surface area contributed by atoms with Crippen LogP contribution in [0.5, 0.6) is 5.75 Å². The molecule has 1 atom stereocenters. The molecule has 2 aromatic rings. The summed E-state index contributed by atoms with van der Waals surface area (Å²) < 4.78 is 18.8. The quantitative estimate of drug-likeness (QED) is 0.877. The maximum absolute atomic E-state index is 13.1. The van der Waals surface area contributed by atoms with Gasteiger partial charge in [-0.25, -0.2) is 4.39 Å². The fourth-order valence-corrected chi connectivity index (χ4v) is 2.11. The van der Waals surface area contributed by atoms with Crippen molar-refractivity contribution in [1.29, 1.82) is 0 Å². The van der Waals surface area contributed by atoms with Crippen LogP contribution in [0, 0.1) is 5.82 Å². The number of halogens is 2. The molecule has 0 fully saturated rings. The lowest BCUT2D eigenvalue weighted by molar-refractivity contribution is 0.270. The molecule has 0 aromatic heterocycles. The van der Waals surface area contributed by atoms with E-state index in [-0.39, 0.29) is 11.1 Å². The van der Waals surface area contributed by atoms with E-state index < -0.39 is 5.82 Å². The van der Waals surface area contributed by atoms with E-state index in [9.17, 15) is 4.39 Å². The molecule has 0 saturated heterocycles. The highest BCUT2D eigenvalue weighted by molar-refractivity contribution is 6.30. The molecule has 0 aliphatic heterocycles. The highest BCUT2D eigenvalue weighted by Gasteiger charge is 2.10. The molecule has 0 heterocycles. The number of rotatable bonds is 6. The second kappa shape index (κ2) is 7.27. The average molecular weight is 294 g/mol. The van der Waals surface area contributed by atoms with Gasteiger partial charge in [-0.2, -0.15) is 0 Å². The van der Waals surface area contributed by atoms with Gasteiger partial charge < -0.3 is 10.1 Å². The Balaban J connectivity index is 1.93. The lowest BCUT2D eigenvalue weighted by Gasteiger charge is -2.17. The van der Waals surface area contributed by atoms with Gasteiger partial charge in [-0.1, -0.05) is 35.9 Å². The minimum absolute atomic E-state index is 0.136. The SMILES string of the molecule is CNC(COc1ccccc1)Cc1ccc(F)c(Cl)c1. The second-order valence-corrected chi connectivity index (χ2v) is 4.97. The number of benzene rings is 2. The van der Waals surface area contributed by atoms with Crippen molar-refractivity contribution in [2.24, 2.45) is 0 Å². The van der Waals surface area contributed by atoms with Crippen molar-refractivity contribution in [2.45, 2.75) is 12.5 Å². The number of hydrogen-bond donors (Lipinski definition) is 1. The van der Waals surface area contributed by atoms with Gasteiger partial charge in [0.1, 0.15) is 18.2 Å². The average Bonchev–Trinajstić information content (AvgIpc) is 2.48. The third kappa shape index (κ3) is 4.22. The molecule has 0 bridgehead atoms. The third-order valence-electron chi connectivity index (χ3n) is 3.07. The minimum Gasteiger partial charge on any atom is -0.492 e. The molecule has 2 rings (SSSR count). The molecule has 0 spiro atoms. The molecule has 0 saturated carbocycles. The topological polar surface area (TPSA) is 21.3 Å². The maximum Gasteiger partial charge on any atom is 0.141 e. The molecular weight excluding hydrogens is 277 g/mol. The van der Waals surface area contributed by atoms with Crippen LogP contribution in [0.4, 0.5) is 4.39 Å². The molecule has 1 N–H and O–H groups in total. The van der Waals surface area contributed by atoms with E-state index in [0.29, 0.717) is 6.61 Å². The Morgan fingerprint density at radius 1 is 1.20 bits per heavy atom. The van der Waals surface area contributed by atoms with E-state index in [1.54, 1.807) is 12.1 Å². The molecule has 1 unspecified atom stereocenters. The Morgan fingerprint density at radius 3 is 2.60 bits per heavy atom. The molecular formula is C16H17ClFNO. The normalized spacial score (nSPS) is 12.2. The van der Waals surface area contributed by atoms with Gasteiger partial charge in [0, 0.05) is 6.04 Å². The van der Waals surface area contributed by atoms with Gasteiger partial charge >= 0.3 is 0 Å². The lowest BCUT2D eigenvalue weighted by atomic mass is 10.1. The first-order valence-corrected chi connectivity index (χ1v) is 6.86. The van der Waals surface area contributed by atoms with E-state index >= 15 is 0 Å². The van der Waals surface area contributed by atoms with Crippen molar-refractivity contribution >= 4 is 11.6 Å². The van der Waals surface area contributed by atoms with Gasteiger partial charge in [0.25, 0.3) is 0 Å². The van der Waals surface area contributed by atoms with Gasteiger partial charge in [0.05, 0.1) is 5.02 Å². The molecule has 0 aliphatic rings. The zero-order chi connectivity index (χ0) is 14.4. The number of para-hydroxylation sites is 1. The Kier molecular flexibility index (Phi) is 5.39. The number of likely N-dealkylation sites (N-methyl/N-ethyl adjacent to an activating group) is 1. The highest BCUT2D eigenvalue weighted by atomic mass is 35.5. The Bertz CT molecular complexity index is 547. The van der Waals surface area contributed by atoms with Crippen molar-refractivity contribution in [3.8, 4) is 5.75 Å². The van der Waals surface area contributed by atoms with E-state index in [2.05, 4.69) is 5.32 Å². The number of hydrogen-bond acceptors (Lipinski definition) is 2. The molecule has 2 nitrogen and oxygen atoms in total. The van der Waals surface area contributed by atoms with Crippen LogP contribution in [-0.2, 0) is 6.42 Å². The third-order valence-corrected chi connectivity index (χ3v) is 3.36. The highest BCUT2D eigenvalue weighted by Crippen LogP contribution is 2.17. The second-order valence-electron chi connectivity index (χ2n) is 4.56. The van der Waals surface area contributed by atoms with Crippen molar-refractivity contribution in [1.82, 2.24) is 5.32 Å². The first-order valence-electron chi connectivity index (χ1n) is 6.48. The van der Waals surface area contributed by atoms with Crippen LogP contribution in [0.15, 0.2) is 48.5 Å². The van der Waals surface area contributed by atoms with E-state index in [0.717, 1.165) is 17.7 Å². The van der Waals surface area contributed by atoms with Crippen molar-refractivity contribution in [3.05, 3.63) is 64.9 Å². The zero-order valence-electron chi connectivity index (χ0n) is 11.3. The van der Waals surface area contributed by atoms with Crippen LogP contribution in [-0.4, -0.2) is 19.7 Å². The Hall–Kier alpha value is -1.58. The summed E-state index contributed by atoms with van der Waals surface area (Å²) in [6.45, 7) is 0.537. The maximum atomic E-state index is 13.1. The zero-order valence-corrected chi connectivity index (χ0v) is 12.0.